The van der Waals surface area contributed by atoms with E-state index in [0.717, 1.165) is 5.92 Å². The van der Waals surface area contributed by atoms with E-state index in [-0.39, 0.29) is 0 Å². The van der Waals surface area contributed by atoms with E-state index >= 15 is 0 Å². The minimum absolute atomic E-state index is 0.875. The fourth-order valence-electron chi connectivity index (χ4n) is 1.99. The van der Waals surface area contributed by atoms with E-state index in [1.54, 1.807) is 0 Å². The van der Waals surface area contributed by atoms with Gasteiger partial charge in [0, 0.05) is 0 Å². The van der Waals surface area contributed by atoms with Crippen LogP contribution in [0.4, 0.5) is 0 Å². The molecular weight excluding hydrogens is 194 g/mol. The van der Waals surface area contributed by atoms with E-state index < -0.39 is 0 Å². The van der Waals surface area contributed by atoms with Crippen molar-refractivity contribution in [3.05, 3.63) is 0 Å². The van der Waals surface area contributed by atoms with Gasteiger partial charge in [-0.1, -0.05) is 53.4 Å². The fourth-order valence-corrected chi connectivity index (χ4v) is 1.99. The summed E-state index contributed by atoms with van der Waals surface area (Å²) in [4.78, 5) is 2.67. The zero-order chi connectivity index (χ0) is 12.2. The summed E-state index contributed by atoms with van der Waals surface area (Å²) in [7, 11) is 0. The van der Waals surface area contributed by atoms with Gasteiger partial charge in [-0.15, -0.1) is 0 Å². The van der Waals surface area contributed by atoms with Crippen LogP contribution >= 0.6 is 0 Å². The van der Waals surface area contributed by atoms with Gasteiger partial charge in [0.2, 0.25) is 0 Å². The van der Waals surface area contributed by atoms with Crippen LogP contribution in [0.3, 0.4) is 0 Å². The monoisotopic (exact) mass is 227 g/mol. The van der Waals surface area contributed by atoms with Crippen molar-refractivity contribution in [3.8, 4) is 0 Å². The highest BCUT2D eigenvalue weighted by molar-refractivity contribution is 4.58. The summed E-state index contributed by atoms with van der Waals surface area (Å²) < 4.78 is 0. The molecular formula is C15H33N. The van der Waals surface area contributed by atoms with E-state index in [2.05, 4.69) is 32.6 Å². The van der Waals surface area contributed by atoms with Gasteiger partial charge in [0.1, 0.15) is 0 Å². The summed E-state index contributed by atoms with van der Waals surface area (Å²) in [5.74, 6) is 0.875. The van der Waals surface area contributed by atoms with Crippen molar-refractivity contribution in [1.82, 2.24) is 4.90 Å². The van der Waals surface area contributed by atoms with Crippen molar-refractivity contribution in [2.45, 2.75) is 72.6 Å². The third-order valence-corrected chi connectivity index (χ3v) is 3.16. The van der Waals surface area contributed by atoms with Crippen LogP contribution in [0.5, 0.6) is 0 Å². The average Bonchev–Trinajstić information content (AvgIpc) is 2.26. The lowest BCUT2D eigenvalue weighted by atomic mass is 10.1. The van der Waals surface area contributed by atoms with E-state index in [0.29, 0.717) is 0 Å². The molecule has 0 bridgehead atoms. The molecule has 0 saturated heterocycles. The molecule has 16 heavy (non-hydrogen) atoms. The highest BCUT2D eigenvalue weighted by Crippen LogP contribution is 2.08. The van der Waals surface area contributed by atoms with E-state index in [1.165, 1.54) is 64.6 Å². The van der Waals surface area contributed by atoms with Gasteiger partial charge in [0.05, 0.1) is 0 Å². The van der Waals surface area contributed by atoms with Crippen molar-refractivity contribution in [2.24, 2.45) is 5.92 Å². The lowest BCUT2D eigenvalue weighted by Crippen LogP contribution is -2.27. The number of rotatable bonds is 11. The molecule has 0 aliphatic rings. The summed E-state index contributed by atoms with van der Waals surface area (Å²) in [5, 5.41) is 0. The molecule has 0 spiro atoms. The van der Waals surface area contributed by atoms with Crippen molar-refractivity contribution in [1.29, 1.82) is 0 Å². The molecule has 0 aromatic carbocycles. The molecule has 0 aliphatic carbocycles. The van der Waals surface area contributed by atoms with Crippen molar-refractivity contribution in [3.63, 3.8) is 0 Å². The van der Waals surface area contributed by atoms with Crippen molar-refractivity contribution < 1.29 is 0 Å². The molecule has 0 aromatic heterocycles. The van der Waals surface area contributed by atoms with Crippen LogP contribution in [0.2, 0.25) is 0 Å². The van der Waals surface area contributed by atoms with Gasteiger partial charge < -0.3 is 4.90 Å². The maximum absolute atomic E-state index is 2.67. The molecule has 0 N–H and O–H groups in total. The first kappa shape index (κ1) is 16.0. The summed E-state index contributed by atoms with van der Waals surface area (Å²) in [6.07, 6.45) is 9.60. The number of unbranched alkanes of at least 4 members (excludes halogenated alkanes) is 3. The molecule has 0 saturated carbocycles. The molecule has 1 nitrogen and oxygen atoms in total. The lowest BCUT2D eigenvalue weighted by Gasteiger charge is -2.22. The molecule has 98 valence electrons. The minimum atomic E-state index is 0.875. The number of hydrogen-bond donors (Lipinski definition) is 0. The van der Waals surface area contributed by atoms with Crippen LogP contribution in [0, 0.1) is 5.92 Å². The Kier molecular flexibility index (Phi) is 11.4. The Morgan fingerprint density at radius 1 is 0.750 bits per heavy atom. The summed E-state index contributed by atoms with van der Waals surface area (Å²) in [6.45, 7) is 13.2. The van der Waals surface area contributed by atoms with Crippen molar-refractivity contribution >= 4 is 0 Å². The molecule has 0 aliphatic heterocycles. The molecule has 0 rings (SSSR count). The van der Waals surface area contributed by atoms with Crippen LogP contribution in [-0.4, -0.2) is 24.5 Å². The first-order valence-corrected chi connectivity index (χ1v) is 7.43. The summed E-state index contributed by atoms with van der Waals surface area (Å²) in [6, 6.07) is 0. The van der Waals surface area contributed by atoms with Gasteiger partial charge in [-0.05, 0) is 44.8 Å². The zero-order valence-corrected chi connectivity index (χ0v) is 12.1. The van der Waals surface area contributed by atoms with E-state index in [4.69, 9.17) is 0 Å². The molecule has 0 unspecified atom stereocenters. The lowest BCUT2D eigenvalue weighted by molar-refractivity contribution is 0.257. The number of nitrogens with zero attached hydrogens (tertiary/aromatic N) is 1. The highest BCUT2D eigenvalue weighted by atomic mass is 15.1. The summed E-state index contributed by atoms with van der Waals surface area (Å²) in [5.41, 5.74) is 0. The highest BCUT2D eigenvalue weighted by Gasteiger charge is 2.03. The molecule has 1 heteroatoms. The summed E-state index contributed by atoms with van der Waals surface area (Å²) >= 11 is 0. The Morgan fingerprint density at radius 3 is 1.69 bits per heavy atom. The maximum atomic E-state index is 2.67. The molecule has 0 fully saturated rings. The number of hydrogen-bond acceptors (Lipinski definition) is 1. The molecule has 0 amide bonds. The van der Waals surface area contributed by atoms with Crippen molar-refractivity contribution in [2.75, 3.05) is 19.6 Å². The van der Waals surface area contributed by atoms with Gasteiger partial charge in [0.25, 0.3) is 0 Å². The van der Waals surface area contributed by atoms with Crippen LogP contribution in [-0.2, 0) is 0 Å². The Bertz CT molecular complexity index is 123. The first-order chi connectivity index (χ1) is 7.70. The standard InChI is InChI=1S/C15H33N/c1-5-7-12-16(13-8-6-2)14-10-9-11-15(3)4/h15H,5-14H2,1-4H3. The second kappa shape index (κ2) is 11.4. The van der Waals surface area contributed by atoms with Crippen LogP contribution < -0.4 is 0 Å². The smallest absolute Gasteiger partial charge is 0.00187 e. The molecule has 0 heterocycles. The average molecular weight is 227 g/mol. The zero-order valence-electron chi connectivity index (χ0n) is 12.1. The Hall–Kier alpha value is -0.0400. The third kappa shape index (κ3) is 10.5. The fraction of sp³-hybridized carbons (Fsp3) is 1.00. The molecule has 0 aromatic rings. The predicted molar refractivity (Wildman–Crippen MR) is 74.9 cm³/mol. The van der Waals surface area contributed by atoms with Gasteiger partial charge in [-0.3, -0.25) is 0 Å². The van der Waals surface area contributed by atoms with Gasteiger partial charge >= 0.3 is 0 Å². The van der Waals surface area contributed by atoms with Gasteiger partial charge in [-0.2, -0.15) is 0 Å². The Labute approximate surface area is 104 Å². The minimum Gasteiger partial charge on any atom is -0.303 e. The van der Waals surface area contributed by atoms with E-state index in [9.17, 15) is 0 Å². The first-order valence-electron chi connectivity index (χ1n) is 7.43. The van der Waals surface area contributed by atoms with Gasteiger partial charge in [-0.25, -0.2) is 0 Å². The second-order valence-electron chi connectivity index (χ2n) is 5.44. The predicted octanol–water partition coefficient (Wildman–Crippen LogP) is 4.71. The third-order valence-electron chi connectivity index (χ3n) is 3.16. The van der Waals surface area contributed by atoms with Gasteiger partial charge in [0.15, 0.2) is 0 Å². The van der Waals surface area contributed by atoms with E-state index in [1.807, 2.05) is 0 Å². The van der Waals surface area contributed by atoms with Crippen LogP contribution in [0.25, 0.3) is 0 Å². The van der Waals surface area contributed by atoms with Crippen LogP contribution in [0.15, 0.2) is 0 Å². The largest absolute Gasteiger partial charge is 0.303 e. The normalized spacial score (nSPS) is 11.6. The SMILES string of the molecule is CCCCN(CCCC)CCCCC(C)C. The van der Waals surface area contributed by atoms with Crippen LogP contribution in [0.1, 0.15) is 72.6 Å². The topological polar surface area (TPSA) is 3.24 Å². The quantitative estimate of drug-likeness (QED) is 0.462. The molecule has 0 atom stereocenters. The maximum Gasteiger partial charge on any atom is -0.00187 e. The second-order valence-corrected chi connectivity index (χ2v) is 5.44. The Morgan fingerprint density at radius 2 is 1.25 bits per heavy atom. The molecule has 0 radical (unpaired) electrons. The Balaban J connectivity index is 3.56.